The maximum atomic E-state index is 12.4. The molecule has 2 rings (SSSR count). The van der Waals surface area contributed by atoms with Gasteiger partial charge in [-0.3, -0.25) is 4.79 Å². The normalized spacial score (nSPS) is 11.9. The Balaban J connectivity index is 2.05. The lowest BCUT2D eigenvalue weighted by Gasteiger charge is -2.15. The number of anilines is 1. The second-order valence-corrected chi connectivity index (χ2v) is 6.59. The zero-order valence-electron chi connectivity index (χ0n) is 11.5. The number of methoxy groups -OCH3 is 1. The number of thiophene rings is 1. The fraction of sp³-hybridized carbons (Fsp3) is 0.267. The van der Waals surface area contributed by atoms with Crippen molar-refractivity contribution in [2.24, 2.45) is 0 Å². The van der Waals surface area contributed by atoms with Crippen molar-refractivity contribution in [2.75, 3.05) is 12.4 Å². The third-order valence-electron chi connectivity index (χ3n) is 2.78. The van der Waals surface area contributed by atoms with Crippen LogP contribution < -0.4 is 10.1 Å². The zero-order valence-corrected chi connectivity index (χ0v) is 13.1. The van der Waals surface area contributed by atoms with E-state index in [1.54, 1.807) is 30.2 Å². The molecule has 1 amide bonds. The van der Waals surface area contributed by atoms with Crippen LogP contribution in [0.2, 0.25) is 0 Å². The number of hydrogen-bond acceptors (Lipinski definition) is 4. The van der Waals surface area contributed by atoms with E-state index in [0.717, 1.165) is 10.6 Å². The minimum atomic E-state index is -0.0986. The second-order valence-electron chi connectivity index (χ2n) is 4.14. The first-order valence-corrected chi connectivity index (χ1v) is 8.14. The molecule has 0 fully saturated rings. The van der Waals surface area contributed by atoms with E-state index in [-0.39, 0.29) is 11.2 Å². The maximum absolute atomic E-state index is 12.4. The van der Waals surface area contributed by atoms with E-state index < -0.39 is 0 Å². The van der Waals surface area contributed by atoms with Crippen molar-refractivity contribution < 1.29 is 9.53 Å². The average Bonchev–Trinajstić information content (AvgIpc) is 2.98. The molecule has 0 saturated carbocycles. The highest BCUT2D eigenvalue weighted by molar-refractivity contribution is 8.02. The lowest BCUT2D eigenvalue weighted by Crippen LogP contribution is -2.24. The number of nitrogens with one attached hydrogen (secondary N) is 1. The monoisotopic (exact) mass is 307 g/mol. The standard InChI is InChI=1S/C15H17NO2S2/c1-3-13(20-14-9-6-10-19-14)15(17)16-11-7-4-5-8-12(11)18-2/h4-10,13H,3H2,1-2H3,(H,16,17). The molecule has 0 bridgehead atoms. The molecular weight excluding hydrogens is 290 g/mol. The quantitative estimate of drug-likeness (QED) is 0.810. The molecule has 0 aliphatic carbocycles. The average molecular weight is 307 g/mol. The Hall–Kier alpha value is -1.46. The van der Waals surface area contributed by atoms with Crippen molar-refractivity contribution in [3.63, 3.8) is 0 Å². The molecular formula is C15H17NO2S2. The van der Waals surface area contributed by atoms with Gasteiger partial charge in [0.1, 0.15) is 5.75 Å². The van der Waals surface area contributed by atoms with Crippen molar-refractivity contribution in [1.29, 1.82) is 0 Å². The summed E-state index contributed by atoms with van der Waals surface area (Å²) >= 11 is 3.26. The summed E-state index contributed by atoms with van der Waals surface area (Å²) in [5.74, 6) is 0.687. The first-order chi connectivity index (χ1) is 9.74. The molecule has 0 saturated heterocycles. The molecule has 0 spiro atoms. The number of benzene rings is 1. The van der Waals surface area contributed by atoms with Gasteiger partial charge in [0.15, 0.2) is 0 Å². The highest BCUT2D eigenvalue weighted by Gasteiger charge is 2.19. The molecule has 0 radical (unpaired) electrons. The molecule has 5 heteroatoms. The summed E-state index contributed by atoms with van der Waals surface area (Å²) in [5, 5.41) is 4.87. The van der Waals surface area contributed by atoms with Gasteiger partial charge in [-0.2, -0.15) is 0 Å². The summed E-state index contributed by atoms with van der Waals surface area (Å²) in [5.41, 5.74) is 0.713. The van der Waals surface area contributed by atoms with E-state index in [4.69, 9.17) is 4.74 Å². The SMILES string of the molecule is CCC(Sc1cccs1)C(=O)Nc1ccccc1OC. The van der Waals surface area contributed by atoms with Crippen LogP contribution in [0.3, 0.4) is 0 Å². The van der Waals surface area contributed by atoms with Crippen molar-refractivity contribution in [1.82, 2.24) is 0 Å². The molecule has 0 aliphatic rings. The van der Waals surface area contributed by atoms with Gasteiger partial charge in [-0.05, 0) is 30.0 Å². The number of ether oxygens (including phenoxy) is 1. The second kappa shape index (κ2) is 7.36. The number of amides is 1. The van der Waals surface area contributed by atoms with Gasteiger partial charge in [0, 0.05) is 0 Å². The molecule has 106 valence electrons. The van der Waals surface area contributed by atoms with Gasteiger partial charge in [-0.1, -0.05) is 25.1 Å². The Morgan fingerprint density at radius 1 is 1.35 bits per heavy atom. The van der Waals surface area contributed by atoms with Gasteiger partial charge in [-0.15, -0.1) is 23.1 Å². The molecule has 1 N–H and O–H groups in total. The molecule has 1 unspecified atom stereocenters. The van der Waals surface area contributed by atoms with E-state index in [0.29, 0.717) is 11.4 Å². The predicted molar refractivity (Wildman–Crippen MR) is 85.9 cm³/mol. The lowest BCUT2D eigenvalue weighted by atomic mass is 10.2. The van der Waals surface area contributed by atoms with Gasteiger partial charge in [0.05, 0.1) is 22.3 Å². The van der Waals surface area contributed by atoms with E-state index in [1.165, 1.54) is 0 Å². The number of rotatable bonds is 6. The van der Waals surface area contributed by atoms with Crippen molar-refractivity contribution in [3.05, 3.63) is 41.8 Å². The molecule has 1 heterocycles. The van der Waals surface area contributed by atoms with Crippen LogP contribution in [0, 0.1) is 0 Å². The third-order valence-corrected chi connectivity index (χ3v) is 5.22. The minimum Gasteiger partial charge on any atom is -0.495 e. The summed E-state index contributed by atoms with van der Waals surface area (Å²) in [6, 6.07) is 11.5. The van der Waals surface area contributed by atoms with Gasteiger partial charge >= 0.3 is 0 Å². The molecule has 2 aromatic rings. The van der Waals surface area contributed by atoms with Crippen LogP contribution in [0.15, 0.2) is 46.0 Å². The van der Waals surface area contributed by atoms with Gasteiger partial charge in [-0.25, -0.2) is 0 Å². The van der Waals surface area contributed by atoms with Gasteiger partial charge in [0.25, 0.3) is 0 Å². The highest BCUT2D eigenvalue weighted by Crippen LogP contribution is 2.31. The van der Waals surface area contributed by atoms with Crippen LogP contribution in [0.25, 0.3) is 0 Å². The first-order valence-electron chi connectivity index (χ1n) is 6.38. The Kier molecular flexibility index (Phi) is 5.49. The number of thioether (sulfide) groups is 1. The smallest absolute Gasteiger partial charge is 0.237 e. The first kappa shape index (κ1) is 14.9. The maximum Gasteiger partial charge on any atom is 0.237 e. The number of hydrogen-bond donors (Lipinski definition) is 1. The summed E-state index contributed by atoms with van der Waals surface area (Å²) in [4.78, 5) is 12.4. The lowest BCUT2D eigenvalue weighted by molar-refractivity contribution is -0.115. The zero-order chi connectivity index (χ0) is 14.4. The Labute approximate surface area is 127 Å². The summed E-state index contributed by atoms with van der Waals surface area (Å²) in [6.45, 7) is 2.02. The van der Waals surface area contributed by atoms with Crippen molar-refractivity contribution in [2.45, 2.75) is 22.8 Å². The Morgan fingerprint density at radius 3 is 2.80 bits per heavy atom. The fourth-order valence-corrected chi connectivity index (χ4v) is 3.71. The third kappa shape index (κ3) is 3.77. The fourth-order valence-electron chi connectivity index (χ4n) is 1.75. The summed E-state index contributed by atoms with van der Waals surface area (Å²) in [7, 11) is 1.60. The number of carbonyl (C=O) groups excluding carboxylic acids is 1. The number of carbonyl (C=O) groups is 1. The molecule has 20 heavy (non-hydrogen) atoms. The molecule has 1 atom stereocenters. The minimum absolute atomic E-state index is 0.00963. The number of para-hydroxylation sites is 2. The van der Waals surface area contributed by atoms with Crippen LogP contribution in [-0.2, 0) is 4.79 Å². The largest absolute Gasteiger partial charge is 0.495 e. The Morgan fingerprint density at radius 2 is 2.15 bits per heavy atom. The molecule has 0 aliphatic heterocycles. The summed E-state index contributed by atoms with van der Waals surface area (Å²) in [6.07, 6.45) is 0.781. The van der Waals surface area contributed by atoms with Crippen LogP contribution in [0.1, 0.15) is 13.3 Å². The molecule has 3 nitrogen and oxygen atoms in total. The predicted octanol–water partition coefficient (Wildman–Crippen LogP) is 4.27. The van der Waals surface area contributed by atoms with Crippen LogP contribution >= 0.6 is 23.1 Å². The van der Waals surface area contributed by atoms with Crippen molar-refractivity contribution in [3.8, 4) is 5.75 Å². The molecule has 1 aromatic carbocycles. The van der Waals surface area contributed by atoms with Crippen LogP contribution in [0.4, 0.5) is 5.69 Å². The van der Waals surface area contributed by atoms with Crippen LogP contribution in [-0.4, -0.2) is 18.3 Å². The van der Waals surface area contributed by atoms with E-state index in [1.807, 2.05) is 48.7 Å². The highest BCUT2D eigenvalue weighted by atomic mass is 32.2. The van der Waals surface area contributed by atoms with Gasteiger partial charge in [0.2, 0.25) is 5.91 Å². The topological polar surface area (TPSA) is 38.3 Å². The Bertz CT molecular complexity index is 555. The van der Waals surface area contributed by atoms with E-state index >= 15 is 0 Å². The van der Waals surface area contributed by atoms with Gasteiger partial charge < -0.3 is 10.1 Å². The summed E-state index contributed by atoms with van der Waals surface area (Å²) < 4.78 is 6.41. The van der Waals surface area contributed by atoms with Crippen LogP contribution in [0.5, 0.6) is 5.75 Å². The molecule has 1 aromatic heterocycles. The van der Waals surface area contributed by atoms with E-state index in [9.17, 15) is 4.79 Å². The van der Waals surface area contributed by atoms with Crippen molar-refractivity contribution >= 4 is 34.7 Å². The van der Waals surface area contributed by atoms with E-state index in [2.05, 4.69) is 5.32 Å².